The molecule has 1 aromatic carbocycles. The lowest BCUT2D eigenvalue weighted by molar-refractivity contribution is 0.645. The Morgan fingerprint density at radius 3 is 2.60 bits per heavy atom. The zero-order valence-electron chi connectivity index (χ0n) is 13.9. The minimum atomic E-state index is 0. The first-order chi connectivity index (χ1) is 11.6. The number of halogens is 3. The summed E-state index contributed by atoms with van der Waals surface area (Å²) in [7, 11) is 1.77. The van der Waals surface area contributed by atoms with E-state index in [-0.39, 0.29) is 29.4 Å². The molecule has 0 amide bonds. The van der Waals surface area contributed by atoms with Crippen molar-refractivity contribution in [3.8, 4) is 0 Å². The number of hydrogen-bond donors (Lipinski definition) is 2. The molecule has 0 bridgehead atoms. The molecule has 0 unspecified atom stereocenters. The van der Waals surface area contributed by atoms with E-state index in [1.165, 1.54) is 18.4 Å². The molecule has 0 aliphatic heterocycles. The van der Waals surface area contributed by atoms with Crippen LogP contribution in [0.3, 0.4) is 0 Å². The van der Waals surface area contributed by atoms with E-state index >= 15 is 0 Å². The first kappa shape index (κ1) is 20.3. The maximum Gasteiger partial charge on any atom is 0.191 e. The standard InChI is InChI=1S/C18H20Cl2N4.HI/c1-21-17(23-11-13-5-6-16(20)22-10-13)24-12-18(7-8-18)14-3-2-4-15(19)9-14;/h2-6,9-10H,7-8,11-12H2,1H3,(H2,21,23,24);1H. The summed E-state index contributed by atoms with van der Waals surface area (Å²) in [6.07, 6.45) is 4.09. The number of guanidine groups is 1. The van der Waals surface area contributed by atoms with Crippen molar-refractivity contribution in [3.63, 3.8) is 0 Å². The van der Waals surface area contributed by atoms with E-state index in [2.05, 4.69) is 32.7 Å². The van der Waals surface area contributed by atoms with E-state index in [1.807, 2.05) is 18.2 Å². The van der Waals surface area contributed by atoms with Crippen LogP contribution in [0.1, 0.15) is 24.0 Å². The van der Waals surface area contributed by atoms with Gasteiger partial charge in [0.1, 0.15) is 5.15 Å². The van der Waals surface area contributed by atoms with Crippen molar-refractivity contribution in [3.05, 3.63) is 63.9 Å². The fourth-order valence-electron chi connectivity index (χ4n) is 2.71. The van der Waals surface area contributed by atoms with Crippen LogP contribution in [-0.4, -0.2) is 24.5 Å². The Labute approximate surface area is 175 Å². The molecule has 0 atom stereocenters. The van der Waals surface area contributed by atoms with Gasteiger partial charge in [-0.15, -0.1) is 24.0 Å². The summed E-state index contributed by atoms with van der Waals surface area (Å²) in [5.41, 5.74) is 2.52. The maximum absolute atomic E-state index is 6.13. The number of hydrogen-bond acceptors (Lipinski definition) is 2. The van der Waals surface area contributed by atoms with Crippen molar-refractivity contribution in [1.29, 1.82) is 0 Å². The highest BCUT2D eigenvalue weighted by Crippen LogP contribution is 2.48. The van der Waals surface area contributed by atoms with Gasteiger partial charge in [0.05, 0.1) is 0 Å². The zero-order valence-corrected chi connectivity index (χ0v) is 17.8. The number of rotatable bonds is 5. The van der Waals surface area contributed by atoms with Gasteiger partial charge in [0.2, 0.25) is 0 Å². The van der Waals surface area contributed by atoms with Gasteiger partial charge in [-0.2, -0.15) is 0 Å². The second kappa shape index (κ2) is 9.05. The summed E-state index contributed by atoms with van der Waals surface area (Å²) in [6, 6.07) is 11.9. The van der Waals surface area contributed by atoms with Gasteiger partial charge in [-0.1, -0.05) is 41.4 Å². The number of nitrogens with zero attached hydrogens (tertiary/aromatic N) is 2. The third-order valence-corrected chi connectivity index (χ3v) is 4.82. The van der Waals surface area contributed by atoms with Crippen molar-refractivity contribution >= 4 is 53.1 Å². The maximum atomic E-state index is 6.13. The summed E-state index contributed by atoms with van der Waals surface area (Å²) in [6.45, 7) is 1.49. The Morgan fingerprint density at radius 1 is 1.20 bits per heavy atom. The minimum absolute atomic E-state index is 0. The van der Waals surface area contributed by atoms with Gasteiger partial charge in [0.25, 0.3) is 0 Å². The van der Waals surface area contributed by atoms with Crippen LogP contribution in [0.15, 0.2) is 47.6 Å². The lowest BCUT2D eigenvalue weighted by Crippen LogP contribution is -2.40. The van der Waals surface area contributed by atoms with Gasteiger partial charge in [-0.25, -0.2) is 4.98 Å². The summed E-state index contributed by atoms with van der Waals surface area (Å²) in [4.78, 5) is 8.36. The fourth-order valence-corrected chi connectivity index (χ4v) is 3.01. The molecule has 2 N–H and O–H groups in total. The van der Waals surface area contributed by atoms with Crippen LogP contribution in [0.5, 0.6) is 0 Å². The normalized spacial score (nSPS) is 15.2. The number of benzene rings is 1. The molecule has 0 radical (unpaired) electrons. The predicted octanol–water partition coefficient (Wildman–Crippen LogP) is 4.40. The molecule has 1 aliphatic carbocycles. The van der Waals surface area contributed by atoms with Gasteiger partial charge < -0.3 is 10.6 Å². The highest BCUT2D eigenvalue weighted by atomic mass is 127. The van der Waals surface area contributed by atoms with Crippen LogP contribution in [0.2, 0.25) is 10.2 Å². The second-order valence-corrected chi connectivity index (χ2v) is 6.88. The van der Waals surface area contributed by atoms with E-state index in [1.54, 1.807) is 19.3 Å². The van der Waals surface area contributed by atoms with Crippen LogP contribution in [0.25, 0.3) is 0 Å². The van der Waals surface area contributed by atoms with E-state index in [9.17, 15) is 0 Å². The van der Waals surface area contributed by atoms with Gasteiger partial charge in [-0.05, 0) is 42.2 Å². The van der Waals surface area contributed by atoms with E-state index in [0.717, 1.165) is 23.1 Å². The smallest absolute Gasteiger partial charge is 0.191 e. The first-order valence-corrected chi connectivity index (χ1v) is 8.68. The van der Waals surface area contributed by atoms with Crippen molar-refractivity contribution in [1.82, 2.24) is 15.6 Å². The van der Waals surface area contributed by atoms with Gasteiger partial charge in [0.15, 0.2) is 5.96 Å². The Bertz CT molecular complexity index is 730. The number of nitrogens with one attached hydrogen (secondary N) is 2. The molecule has 0 spiro atoms. The number of pyridine rings is 1. The summed E-state index contributed by atoms with van der Waals surface area (Å²) < 4.78 is 0. The van der Waals surface area contributed by atoms with Crippen molar-refractivity contribution < 1.29 is 0 Å². The number of aliphatic imine (C=N–C) groups is 1. The Kier molecular flexibility index (Phi) is 7.34. The van der Waals surface area contributed by atoms with Crippen molar-refractivity contribution in [2.75, 3.05) is 13.6 Å². The van der Waals surface area contributed by atoms with Crippen LogP contribution < -0.4 is 10.6 Å². The average Bonchev–Trinajstić information content (AvgIpc) is 3.38. The SMILES string of the molecule is CN=C(NCc1ccc(Cl)nc1)NCC1(c2cccc(Cl)c2)CC1.I. The molecule has 1 aromatic heterocycles. The van der Waals surface area contributed by atoms with Crippen molar-refractivity contribution in [2.45, 2.75) is 24.8 Å². The molecule has 134 valence electrons. The third kappa shape index (κ3) is 5.46. The highest BCUT2D eigenvalue weighted by Gasteiger charge is 2.44. The topological polar surface area (TPSA) is 49.3 Å². The molecule has 0 saturated heterocycles. The molecule has 2 aromatic rings. The lowest BCUT2D eigenvalue weighted by Gasteiger charge is -2.19. The average molecular weight is 491 g/mol. The zero-order chi connectivity index (χ0) is 17.0. The van der Waals surface area contributed by atoms with E-state index in [0.29, 0.717) is 11.7 Å². The van der Waals surface area contributed by atoms with Crippen LogP contribution in [-0.2, 0) is 12.0 Å². The van der Waals surface area contributed by atoms with E-state index in [4.69, 9.17) is 23.2 Å². The third-order valence-electron chi connectivity index (χ3n) is 4.36. The monoisotopic (exact) mass is 490 g/mol. The van der Waals surface area contributed by atoms with Crippen LogP contribution >= 0.6 is 47.2 Å². The molecule has 7 heteroatoms. The van der Waals surface area contributed by atoms with Gasteiger partial charge in [-0.3, -0.25) is 4.99 Å². The largest absolute Gasteiger partial charge is 0.356 e. The molecule has 1 saturated carbocycles. The summed E-state index contributed by atoms with van der Waals surface area (Å²) in [5.74, 6) is 0.776. The van der Waals surface area contributed by atoms with Crippen molar-refractivity contribution in [2.24, 2.45) is 4.99 Å². The first-order valence-electron chi connectivity index (χ1n) is 7.92. The Hall–Kier alpha value is -1.05. The Balaban J connectivity index is 0.00000225. The quantitative estimate of drug-likeness (QED) is 0.282. The highest BCUT2D eigenvalue weighted by molar-refractivity contribution is 14.0. The van der Waals surface area contributed by atoms with E-state index < -0.39 is 0 Å². The molecular formula is C18H21Cl2IN4. The van der Waals surface area contributed by atoms with Gasteiger partial charge >= 0.3 is 0 Å². The molecule has 1 heterocycles. The molecule has 25 heavy (non-hydrogen) atoms. The van der Waals surface area contributed by atoms with Crippen LogP contribution in [0, 0.1) is 0 Å². The van der Waals surface area contributed by atoms with Crippen LogP contribution in [0.4, 0.5) is 0 Å². The summed E-state index contributed by atoms with van der Waals surface area (Å²) in [5, 5.41) is 8.01. The summed E-state index contributed by atoms with van der Waals surface area (Å²) >= 11 is 11.9. The Morgan fingerprint density at radius 2 is 2.00 bits per heavy atom. The second-order valence-electron chi connectivity index (χ2n) is 6.06. The lowest BCUT2D eigenvalue weighted by atomic mass is 9.96. The fraction of sp³-hybridized carbons (Fsp3) is 0.333. The molecule has 1 fully saturated rings. The van der Waals surface area contributed by atoms with Gasteiger partial charge in [0, 0.05) is 36.8 Å². The molecular weight excluding hydrogens is 470 g/mol. The molecule has 4 nitrogen and oxygen atoms in total. The molecule has 1 aliphatic rings. The molecule has 3 rings (SSSR count). The minimum Gasteiger partial charge on any atom is -0.356 e. The number of aromatic nitrogens is 1. The predicted molar refractivity (Wildman–Crippen MR) is 115 cm³/mol.